The number of pyridine rings is 1. The topological polar surface area (TPSA) is 79.3 Å². The van der Waals surface area contributed by atoms with Crippen LogP contribution in [0.25, 0.3) is 11.1 Å². The fraction of sp³-hybridized carbons (Fsp3) is 0.0500. The molecule has 130 valence electrons. The SMILES string of the molecule is Cc1ccc(NC(=O)c2ccnc(Cl)c2)cc1-c1ccc(C(=O)O)cc1. The van der Waals surface area contributed by atoms with E-state index in [2.05, 4.69) is 10.3 Å². The Labute approximate surface area is 155 Å². The molecule has 0 fully saturated rings. The predicted molar refractivity (Wildman–Crippen MR) is 101 cm³/mol. The number of carboxylic acids is 1. The van der Waals surface area contributed by atoms with Gasteiger partial charge in [0.2, 0.25) is 0 Å². The van der Waals surface area contributed by atoms with E-state index in [0.29, 0.717) is 11.3 Å². The lowest BCUT2D eigenvalue weighted by atomic mass is 9.98. The van der Waals surface area contributed by atoms with E-state index in [9.17, 15) is 9.59 Å². The second-order valence-electron chi connectivity index (χ2n) is 5.73. The Bertz CT molecular complexity index is 985. The molecular formula is C20H15ClN2O3. The van der Waals surface area contributed by atoms with Crippen molar-refractivity contribution in [2.45, 2.75) is 6.92 Å². The van der Waals surface area contributed by atoms with Crippen LogP contribution in [-0.2, 0) is 0 Å². The number of nitrogens with zero attached hydrogens (tertiary/aromatic N) is 1. The molecule has 2 N–H and O–H groups in total. The molecule has 0 aliphatic carbocycles. The summed E-state index contributed by atoms with van der Waals surface area (Å²) in [7, 11) is 0. The summed E-state index contributed by atoms with van der Waals surface area (Å²) in [5.41, 5.74) is 4.07. The molecular weight excluding hydrogens is 352 g/mol. The molecule has 0 radical (unpaired) electrons. The lowest BCUT2D eigenvalue weighted by Gasteiger charge is -2.11. The molecule has 0 spiro atoms. The number of aromatic carboxylic acids is 1. The second kappa shape index (κ2) is 7.37. The van der Waals surface area contributed by atoms with Crippen LogP contribution >= 0.6 is 11.6 Å². The van der Waals surface area contributed by atoms with E-state index in [1.165, 1.54) is 12.3 Å². The molecule has 0 saturated heterocycles. The summed E-state index contributed by atoms with van der Waals surface area (Å²) in [4.78, 5) is 27.2. The molecule has 26 heavy (non-hydrogen) atoms. The molecule has 2 aromatic carbocycles. The number of carboxylic acid groups (broad SMARTS) is 1. The van der Waals surface area contributed by atoms with E-state index in [1.807, 2.05) is 25.1 Å². The Morgan fingerprint density at radius 3 is 2.38 bits per heavy atom. The van der Waals surface area contributed by atoms with E-state index in [1.54, 1.807) is 30.3 Å². The van der Waals surface area contributed by atoms with Crippen molar-refractivity contribution in [3.63, 3.8) is 0 Å². The van der Waals surface area contributed by atoms with Crippen molar-refractivity contribution in [2.75, 3.05) is 5.32 Å². The van der Waals surface area contributed by atoms with E-state index in [-0.39, 0.29) is 16.6 Å². The van der Waals surface area contributed by atoms with Crippen LogP contribution in [0.1, 0.15) is 26.3 Å². The van der Waals surface area contributed by atoms with Crippen LogP contribution in [0.2, 0.25) is 5.15 Å². The summed E-state index contributed by atoms with van der Waals surface area (Å²) in [5.74, 6) is -1.25. The summed E-state index contributed by atoms with van der Waals surface area (Å²) in [6, 6.07) is 15.3. The first-order valence-corrected chi connectivity index (χ1v) is 8.19. The third-order valence-electron chi connectivity index (χ3n) is 3.93. The average molecular weight is 367 g/mol. The number of aryl methyl sites for hydroxylation is 1. The molecule has 5 nitrogen and oxygen atoms in total. The third kappa shape index (κ3) is 3.90. The molecule has 6 heteroatoms. The number of amides is 1. The van der Waals surface area contributed by atoms with Gasteiger partial charge in [0.25, 0.3) is 5.91 Å². The van der Waals surface area contributed by atoms with Crippen molar-refractivity contribution < 1.29 is 14.7 Å². The average Bonchev–Trinajstić information content (AvgIpc) is 2.63. The third-order valence-corrected chi connectivity index (χ3v) is 4.13. The first-order valence-electron chi connectivity index (χ1n) is 7.81. The monoisotopic (exact) mass is 366 g/mol. The maximum Gasteiger partial charge on any atom is 0.335 e. The highest BCUT2D eigenvalue weighted by atomic mass is 35.5. The van der Waals surface area contributed by atoms with Crippen molar-refractivity contribution in [1.82, 2.24) is 4.98 Å². The lowest BCUT2D eigenvalue weighted by Crippen LogP contribution is -2.12. The number of carbonyl (C=O) groups is 2. The van der Waals surface area contributed by atoms with Crippen LogP contribution in [0.3, 0.4) is 0 Å². The molecule has 0 aliphatic heterocycles. The summed E-state index contributed by atoms with van der Waals surface area (Å²) in [6.45, 7) is 1.95. The van der Waals surface area contributed by atoms with Crippen molar-refractivity contribution in [3.05, 3.63) is 82.6 Å². The summed E-state index contributed by atoms with van der Waals surface area (Å²) in [6.07, 6.45) is 1.47. The summed E-state index contributed by atoms with van der Waals surface area (Å²) >= 11 is 5.82. The van der Waals surface area contributed by atoms with Gasteiger partial charge in [0.15, 0.2) is 0 Å². The maximum atomic E-state index is 12.4. The van der Waals surface area contributed by atoms with E-state index >= 15 is 0 Å². The maximum absolute atomic E-state index is 12.4. The minimum Gasteiger partial charge on any atom is -0.478 e. The summed E-state index contributed by atoms with van der Waals surface area (Å²) < 4.78 is 0. The number of anilines is 1. The number of nitrogens with one attached hydrogen (secondary N) is 1. The fourth-order valence-corrected chi connectivity index (χ4v) is 2.72. The molecule has 0 saturated carbocycles. The zero-order chi connectivity index (χ0) is 18.7. The quantitative estimate of drug-likeness (QED) is 0.658. The van der Waals surface area contributed by atoms with Crippen molar-refractivity contribution in [3.8, 4) is 11.1 Å². The van der Waals surface area contributed by atoms with Gasteiger partial charge < -0.3 is 10.4 Å². The van der Waals surface area contributed by atoms with Gasteiger partial charge in [-0.25, -0.2) is 9.78 Å². The van der Waals surface area contributed by atoms with Crippen LogP contribution < -0.4 is 5.32 Å². The standard InChI is InChI=1S/C20H15ClN2O3/c1-12-2-7-16(23-19(24)15-8-9-22-18(21)10-15)11-17(12)13-3-5-14(6-4-13)20(25)26/h2-11H,1H3,(H,23,24)(H,25,26). The zero-order valence-electron chi connectivity index (χ0n) is 13.9. The van der Waals surface area contributed by atoms with Crippen LogP contribution in [0, 0.1) is 6.92 Å². The molecule has 1 amide bonds. The molecule has 1 aromatic heterocycles. The first-order chi connectivity index (χ1) is 12.4. The van der Waals surface area contributed by atoms with Gasteiger partial charge in [-0.3, -0.25) is 4.79 Å². The predicted octanol–water partition coefficient (Wildman–Crippen LogP) is 4.66. The number of hydrogen-bond acceptors (Lipinski definition) is 3. The number of hydrogen-bond donors (Lipinski definition) is 2. The largest absolute Gasteiger partial charge is 0.478 e. The minimum absolute atomic E-state index is 0.227. The number of rotatable bonds is 4. The molecule has 3 aromatic rings. The van der Waals surface area contributed by atoms with Gasteiger partial charge in [-0.05, 0) is 60.0 Å². The van der Waals surface area contributed by atoms with Gasteiger partial charge in [0.1, 0.15) is 5.15 Å². The van der Waals surface area contributed by atoms with E-state index < -0.39 is 5.97 Å². The number of halogens is 1. The van der Waals surface area contributed by atoms with Gasteiger partial charge in [-0.1, -0.05) is 29.8 Å². The molecule has 1 heterocycles. The van der Waals surface area contributed by atoms with E-state index in [0.717, 1.165) is 16.7 Å². The van der Waals surface area contributed by atoms with Crippen molar-refractivity contribution in [2.24, 2.45) is 0 Å². The Morgan fingerprint density at radius 2 is 1.73 bits per heavy atom. The van der Waals surface area contributed by atoms with Gasteiger partial charge in [-0.2, -0.15) is 0 Å². The number of carbonyl (C=O) groups excluding carboxylic acids is 1. The van der Waals surface area contributed by atoms with Crippen molar-refractivity contribution >= 4 is 29.2 Å². The van der Waals surface area contributed by atoms with Crippen LogP contribution in [-0.4, -0.2) is 22.0 Å². The van der Waals surface area contributed by atoms with Crippen LogP contribution in [0.15, 0.2) is 60.8 Å². The van der Waals surface area contributed by atoms with Gasteiger partial charge in [-0.15, -0.1) is 0 Å². The van der Waals surface area contributed by atoms with Gasteiger partial charge in [0, 0.05) is 17.4 Å². The molecule has 3 rings (SSSR count). The Balaban J connectivity index is 1.88. The smallest absolute Gasteiger partial charge is 0.335 e. The van der Waals surface area contributed by atoms with Crippen LogP contribution in [0.4, 0.5) is 5.69 Å². The summed E-state index contributed by atoms with van der Waals surface area (Å²) in [5, 5.41) is 12.1. The van der Waals surface area contributed by atoms with Gasteiger partial charge >= 0.3 is 5.97 Å². The second-order valence-corrected chi connectivity index (χ2v) is 6.12. The Hall–Kier alpha value is -3.18. The number of aromatic nitrogens is 1. The highest BCUT2D eigenvalue weighted by Gasteiger charge is 2.10. The molecule has 0 bridgehead atoms. The van der Waals surface area contributed by atoms with Gasteiger partial charge in [0.05, 0.1) is 5.56 Å². The van der Waals surface area contributed by atoms with Crippen molar-refractivity contribution in [1.29, 1.82) is 0 Å². The normalized spacial score (nSPS) is 10.4. The van der Waals surface area contributed by atoms with E-state index in [4.69, 9.17) is 16.7 Å². The minimum atomic E-state index is -0.967. The lowest BCUT2D eigenvalue weighted by molar-refractivity contribution is 0.0696. The fourth-order valence-electron chi connectivity index (χ4n) is 2.55. The highest BCUT2D eigenvalue weighted by molar-refractivity contribution is 6.29. The number of benzene rings is 2. The first kappa shape index (κ1) is 17.6. The molecule has 0 unspecified atom stereocenters. The Morgan fingerprint density at radius 1 is 1.00 bits per heavy atom. The molecule has 0 atom stereocenters. The Kier molecular flexibility index (Phi) is 5.00. The zero-order valence-corrected chi connectivity index (χ0v) is 14.6. The highest BCUT2D eigenvalue weighted by Crippen LogP contribution is 2.27. The van der Waals surface area contributed by atoms with Crippen LogP contribution in [0.5, 0.6) is 0 Å². The molecule has 0 aliphatic rings.